The van der Waals surface area contributed by atoms with Crippen LogP contribution in [-0.2, 0) is 6.42 Å². The van der Waals surface area contributed by atoms with Crippen LogP contribution in [0.1, 0.15) is 11.5 Å². The Morgan fingerprint density at radius 1 is 1.23 bits per heavy atom. The van der Waals surface area contributed by atoms with Crippen molar-refractivity contribution in [1.29, 1.82) is 0 Å². The van der Waals surface area contributed by atoms with Gasteiger partial charge in [-0.2, -0.15) is 14.6 Å². The summed E-state index contributed by atoms with van der Waals surface area (Å²) in [5.74, 6) is 2.46. The number of H-pyrrole nitrogens is 1. The summed E-state index contributed by atoms with van der Waals surface area (Å²) in [5, 5.41) is 7.55. The number of rotatable bonds is 4. The topological polar surface area (TPSA) is 83.8 Å². The molecule has 3 aromatic heterocycles. The number of hydrogen-bond acceptors (Lipinski definition) is 5. The Balaban J connectivity index is 1.51. The molecule has 0 radical (unpaired) electrons. The van der Waals surface area contributed by atoms with Gasteiger partial charge in [0.2, 0.25) is 0 Å². The van der Waals surface area contributed by atoms with E-state index in [1.54, 1.807) is 4.52 Å². The monoisotopic (exact) mass is 293 g/mol. The number of aromatic amines is 1. The minimum atomic E-state index is 0.603. The molecule has 0 aliphatic rings. The Kier molecular flexibility index (Phi) is 2.96. The van der Waals surface area contributed by atoms with Gasteiger partial charge in [0.1, 0.15) is 18.0 Å². The Hall–Kier alpha value is -2.96. The Labute approximate surface area is 126 Å². The molecule has 0 atom stereocenters. The van der Waals surface area contributed by atoms with Crippen LogP contribution in [0.4, 0.5) is 5.82 Å². The quantitative estimate of drug-likeness (QED) is 0.601. The molecule has 1 aromatic carbocycles. The van der Waals surface area contributed by atoms with Gasteiger partial charge in [-0.05, 0) is 19.1 Å². The summed E-state index contributed by atoms with van der Waals surface area (Å²) in [6.45, 7) is 2.69. The van der Waals surface area contributed by atoms with Gasteiger partial charge < -0.3 is 10.3 Å². The summed E-state index contributed by atoms with van der Waals surface area (Å²) in [4.78, 5) is 16.3. The van der Waals surface area contributed by atoms with Crippen molar-refractivity contribution < 1.29 is 0 Å². The van der Waals surface area contributed by atoms with E-state index in [2.05, 4.69) is 30.4 Å². The first-order valence-electron chi connectivity index (χ1n) is 7.14. The maximum Gasteiger partial charge on any atom is 0.254 e. The molecule has 22 heavy (non-hydrogen) atoms. The van der Waals surface area contributed by atoms with Crippen LogP contribution in [-0.4, -0.2) is 36.1 Å². The lowest BCUT2D eigenvalue weighted by Gasteiger charge is -2.07. The first kappa shape index (κ1) is 12.8. The molecule has 0 fully saturated rings. The third kappa shape index (κ3) is 2.26. The van der Waals surface area contributed by atoms with E-state index in [1.165, 1.54) is 6.33 Å². The van der Waals surface area contributed by atoms with Crippen molar-refractivity contribution in [3.8, 4) is 0 Å². The van der Waals surface area contributed by atoms with Crippen LogP contribution in [0.15, 0.2) is 36.7 Å². The average Bonchev–Trinajstić information content (AvgIpc) is 3.12. The van der Waals surface area contributed by atoms with Crippen molar-refractivity contribution >= 4 is 22.6 Å². The number of fused-ring (bicyclic) bond motifs is 2. The summed E-state index contributed by atoms with van der Waals surface area (Å²) >= 11 is 0. The van der Waals surface area contributed by atoms with Crippen LogP contribution in [0.5, 0.6) is 0 Å². The van der Waals surface area contributed by atoms with Gasteiger partial charge in [-0.3, -0.25) is 0 Å². The minimum absolute atomic E-state index is 0.603. The fourth-order valence-corrected chi connectivity index (χ4v) is 2.49. The van der Waals surface area contributed by atoms with Gasteiger partial charge in [0, 0.05) is 24.7 Å². The van der Waals surface area contributed by atoms with Gasteiger partial charge in [0.25, 0.3) is 5.78 Å². The van der Waals surface area contributed by atoms with Gasteiger partial charge in [-0.15, -0.1) is 0 Å². The van der Waals surface area contributed by atoms with Gasteiger partial charge >= 0.3 is 0 Å². The summed E-state index contributed by atoms with van der Waals surface area (Å²) in [7, 11) is 0. The van der Waals surface area contributed by atoms with Crippen LogP contribution >= 0.6 is 0 Å². The Morgan fingerprint density at radius 2 is 2.14 bits per heavy atom. The number of benzene rings is 1. The lowest BCUT2D eigenvalue weighted by Crippen LogP contribution is -2.10. The number of imidazole rings is 1. The van der Waals surface area contributed by atoms with Crippen LogP contribution < -0.4 is 5.32 Å². The molecular formula is C15H15N7. The predicted octanol–water partition coefficient (Wildman–Crippen LogP) is 1.96. The first-order chi connectivity index (χ1) is 10.8. The fourth-order valence-electron chi connectivity index (χ4n) is 2.49. The summed E-state index contributed by atoms with van der Waals surface area (Å²) in [6.07, 6.45) is 2.30. The predicted molar refractivity (Wildman–Crippen MR) is 83.8 cm³/mol. The molecule has 3 heterocycles. The number of aromatic nitrogens is 6. The number of hydrogen-bond donors (Lipinski definition) is 2. The normalized spacial score (nSPS) is 11.3. The maximum atomic E-state index is 4.57. The van der Waals surface area contributed by atoms with Crippen LogP contribution in [0, 0.1) is 6.92 Å². The van der Waals surface area contributed by atoms with E-state index in [1.807, 2.05) is 37.3 Å². The molecule has 4 aromatic rings. The lowest BCUT2D eigenvalue weighted by atomic mass is 10.3. The molecule has 0 bridgehead atoms. The molecule has 0 unspecified atom stereocenters. The molecule has 0 aliphatic carbocycles. The standard InChI is InChI=1S/C15H15N7/c1-10-8-14(22-15(19-10)17-9-18-22)16-7-6-13-20-11-4-2-3-5-12(11)21-13/h2-5,8-9,16H,6-7H2,1H3,(H,20,21). The van der Waals surface area contributed by atoms with E-state index in [0.29, 0.717) is 5.78 Å². The molecule has 7 heteroatoms. The lowest BCUT2D eigenvalue weighted by molar-refractivity contribution is 0.885. The van der Waals surface area contributed by atoms with Crippen molar-refractivity contribution in [1.82, 2.24) is 29.5 Å². The number of nitrogens with one attached hydrogen (secondary N) is 2. The second-order valence-corrected chi connectivity index (χ2v) is 5.13. The molecule has 7 nitrogen and oxygen atoms in total. The summed E-state index contributed by atoms with van der Waals surface area (Å²) in [5.41, 5.74) is 2.97. The van der Waals surface area contributed by atoms with E-state index in [9.17, 15) is 0 Å². The van der Waals surface area contributed by atoms with Gasteiger partial charge in [-0.1, -0.05) is 12.1 Å². The molecule has 0 amide bonds. The fraction of sp³-hybridized carbons (Fsp3) is 0.200. The number of anilines is 1. The van der Waals surface area contributed by atoms with Crippen molar-refractivity contribution in [3.63, 3.8) is 0 Å². The largest absolute Gasteiger partial charge is 0.369 e. The van der Waals surface area contributed by atoms with Crippen LogP contribution in [0.25, 0.3) is 16.8 Å². The van der Waals surface area contributed by atoms with Crippen LogP contribution in [0.2, 0.25) is 0 Å². The highest BCUT2D eigenvalue weighted by molar-refractivity contribution is 5.74. The molecule has 4 rings (SSSR count). The highest BCUT2D eigenvalue weighted by Crippen LogP contribution is 2.12. The van der Waals surface area contributed by atoms with Crippen molar-refractivity contribution in [2.24, 2.45) is 0 Å². The van der Waals surface area contributed by atoms with Crippen molar-refractivity contribution in [3.05, 3.63) is 48.2 Å². The Bertz CT molecular complexity index is 904. The number of aryl methyl sites for hydroxylation is 1. The second kappa shape index (κ2) is 5.10. The first-order valence-corrected chi connectivity index (χ1v) is 7.14. The average molecular weight is 293 g/mol. The van der Waals surface area contributed by atoms with Crippen LogP contribution in [0.3, 0.4) is 0 Å². The minimum Gasteiger partial charge on any atom is -0.369 e. The zero-order valence-corrected chi connectivity index (χ0v) is 12.1. The molecule has 0 saturated carbocycles. The van der Waals surface area contributed by atoms with Gasteiger partial charge in [0.05, 0.1) is 11.0 Å². The smallest absolute Gasteiger partial charge is 0.254 e. The second-order valence-electron chi connectivity index (χ2n) is 5.13. The molecule has 110 valence electrons. The third-order valence-corrected chi connectivity index (χ3v) is 3.49. The van der Waals surface area contributed by atoms with E-state index in [0.717, 1.165) is 41.3 Å². The van der Waals surface area contributed by atoms with E-state index in [-0.39, 0.29) is 0 Å². The highest BCUT2D eigenvalue weighted by Gasteiger charge is 2.06. The maximum absolute atomic E-state index is 4.57. The zero-order valence-electron chi connectivity index (χ0n) is 12.1. The zero-order chi connectivity index (χ0) is 14.9. The van der Waals surface area contributed by atoms with Gasteiger partial charge in [-0.25, -0.2) is 9.97 Å². The van der Waals surface area contributed by atoms with Crippen molar-refractivity contribution in [2.75, 3.05) is 11.9 Å². The van der Waals surface area contributed by atoms with E-state index in [4.69, 9.17) is 0 Å². The molecule has 0 aliphatic heterocycles. The summed E-state index contributed by atoms with van der Waals surface area (Å²) < 4.78 is 1.70. The van der Waals surface area contributed by atoms with E-state index < -0.39 is 0 Å². The SMILES string of the molecule is Cc1cc(NCCc2nc3ccccc3[nH]2)n2ncnc2n1. The highest BCUT2D eigenvalue weighted by atomic mass is 15.3. The molecular weight excluding hydrogens is 278 g/mol. The Morgan fingerprint density at radius 3 is 3.05 bits per heavy atom. The number of nitrogens with zero attached hydrogens (tertiary/aromatic N) is 5. The van der Waals surface area contributed by atoms with E-state index >= 15 is 0 Å². The molecule has 2 N–H and O–H groups in total. The van der Waals surface area contributed by atoms with Gasteiger partial charge in [0.15, 0.2) is 0 Å². The van der Waals surface area contributed by atoms with Crippen molar-refractivity contribution in [2.45, 2.75) is 13.3 Å². The summed E-state index contributed by atoms with van der Waals surface area (Å²) in [6, 6.07) is 9.99. The number of para-hydroxylation sites is 2. The molecule has 0 spiro atoms. The third-order valence-electron chi connectivity index (χ3n) is 3.49. The molecule has 0 saturated heterocycles.